The number of nitrogens with one attached hydrogen (secondary N) is 2. The van der Waals surface area contributed by atoms with Gasteiger partial charge in [0.25, 0.3) is 5.91 Å². The third kappa shape index (κ3) is 6.51. The highest BCUT2D eigenvalue weighted by Crippen LogP contribution is 2.19. The van der Waals surface area contributed by atoms with Crippen LogP contribution in [0.3, 0.4) is 0 Å². The highest BCUT2D eigenvalue weighted by Gasteiger charge is 2.17. The molecule has 1 aliphatic heterocycles. The average molecular weight is 410 g/mol. The molecule has 0 radical (unpaired) electrons. The molecule has 2 amide bonds. The molecule has 0 atom stereocenters. The molecule has 0 aliphatic carbocycles. The number of nitrogens with zero attached hydrogens (tertiary/aromatic N) is 1. The van der Waals surface area contributed by atoms with Crippen LogP contribution >= 0.6 is 0 Å². The van der Waals surface area contributed by atoms with E-state index in [0.717, 1.165) is 37.4 Å². The van der Waals surface area contributed by atoms with Crippen LogP contribution in [0, 0.1) is 0 Å². The maximum atomic E-state index is 12.8. The molecule has 6 heteroatoms. The zero-order valence-electron chi connectivity index (χ0n) is 17.8. The quantitative estimate of drug-likeness (QED) is 0.704. The number of likely N-dealkylation sites (tertiary alicyclic amines) is 1. The van der Waals surface area contributed by atoms with Crippen molar-refractivity contribution in [3.05, 3.63) is 54.1 Å². The molecule has 1 saturated heterocycles. The van der Waals surface area contributed by atoms with E-state index in [1.807, 2.05) is 43.0 Å². The van der Waals surface area contributed by atoms with Crippen LogP contribution in [0.25, 0.3) is 0 Å². The number of ether oxygens (including phenoxy) is 1. The summed E-state index contributed by atoms with van der Waals surface area (Å²) < 4.78 is 5.67. The number of amides is 2. The first kappa shape index (κ1) is 21.7. The van der Waals surface area contributed by atoms with E-state index in [1.54, 1.807) is 24.3 Å². The molecule has 0 aromatic heterocycles. The van der Waals surface area contributed by atoms with E-state index in [2.05, 4.69) is 10.6 Å². The first-order chi connectivity index (χ1) is 14.5. The summed E-state index contributed by atoms with van der Waals surface area (Å²) in [6, 6.07) is 14.7. The molecule has 30 heavy (non-hydrogen) atoms. The van der Waals surface area contributed by atoms with Crippen LogP contribution in [0.4, 0.5) is 11.4 Å². The summed E-state index contributed by atoms with van der Waals surface area (Å²) in [5, 5.41) is 5.97. The Kier molecular flexibility index (Phi) is 7.71. The van der Waals surface area contributed by atoms with E-state index in [9.17, 15) is 9.59 Å². The van der Waals surface area contributed by atoms with Crippen LogP contribution < -0.4 is 15.4 Å². The van der Waals surface area contributed by atoms with Crippen LogP contribution in [0.1, 0.15) is 49.9 Å². The van der Waals surface area contributed by atoms with E-state index in [4.69, 9.17) is 4.74 Å². The normalized spacial score (nSPS) is 14.2. The number of hydrogen-bond donors (Lipinski definition) is 2. The minimum absolute atomic E-state index is 0.0353. The molecule has 1 aliphatic rings. The summed E-state index contributed by atoms with van der Waals surface area (Å²) in [6.45, 7) is 5.67. The lowest BCUT2D eigenvalue weighted by atomic mass is 10.1. The standard InChI is InChI=1S/C24H31N3O3/c1-18(2)30-22-12-8-10-20(16-22)25-17-23(28)26-21-11-7-9-19(15-21)24(29)27-13-5-3-4-6-14-27/h7-12,15-16,18,25H,3-6,13-14,17H2,1-2H3,(H,26,28). The molecule has 2 N–H and O–H groups in total. The highest BCUT2D eigenvalue weighted by atomic mass is 16.5. The van der Waals surface area contributed by atoms with Gasteiger partial charge in [-0.1, -0.05) is 25.0 Å². The monoisotopic (exact) mass is 409 g/mol. The highest BCUT2D eigenvalue weighted by molar-refractivity contribution is 5.98. The fourth-order valence-electron chi connectivity index (χ4n) is 3.53. The van der Waals surface area contributed by atoms with Crippen molar-refractivity contribution in [3.8, 4) is 5.75 Å². The first-order valence-electron chi connectivity index (χ1n) is 10.7. The Balaban J connectivity index is 1.55. The number of rotatable bonds is 7. The molecule has 1 heterocycles. The second kappa shape index (κ2) is 10.7. The summed E-state index contributed by atoms with van der Waals surface area (Å²) in [5.41, 5.74) is 2.05. The molecule has 6 nitrogen and oxygen atoms in total. The Morgan fingerprint density at radius 3 is 2.40 bits per heavy atom. The Morgan fingerprint density at radius 1 is 0.967 bits per heavy atom. The van der Waals surface area contributed by atoms with Crippen molar-refractivity contribution in [1.82, 2.24) is 4.90 Å². The predicted octanol–water partition coefficient (Wildman–Crippen LogP) is 4.54. The van der Waals surface area contributed by atoms with Crippen molar-refractivity contribution in [2.24, 2.45) is 0 Å². The number of benzene rings is 2. The average Bonchev–Trinajstić information content (AvgIpc) is 3.01. The lowest BCUT2D eigenvalue weighted by Gasteiger charge is -2.20. The Hall–Kier alpha value is -3.02. The molecule has 1 fully saturated rings. The third-order valence-corrected chi connectivity index (χ3v) is 4.95. The predicted molar refractivity (Wildman–Crippen MR) is 120 cm³/mol. The van der Waals surface area contributed by atoms with E-state index in [1.165, 1.54) is 12.8 Å². The maximum Gasteiger partial charge on any atom is 0.253 e. The van der Waals surface area contributed by atoms with Gasteiger partial charge < -0.3 is 20.3 Å². The van der Waals surface area contributed by atoms with Crippen molar-refractivity contribution < 1.29 is 14.3 Å². The fraction of sp³-hybridized carbons (Fsp3) is 0.417. The zero-order valence-corrected chi connectivity index (χ0v) is 17.8. The van der Waals surface area contributed by atoms with Gasteiger partial charge >= 0.3 is 0 Å². The second-order valence-corrected chi connectivity index (χ2v) is 7.88. The van der Waals surface area contributed by atoms with Crippen molar-refractivity contribution in [2.75, 3.05) is 30.3 Å². The van der Waals surface area contributed by atoms with Gasteiger partial charge in [0.2, 0.25) is 5.91 Å². The van der Waals surface area contributed by atoms with Crippen LogP contribution in [-0.4, -0.2) is 42.5 Å². The molecular weight excluding hydrogens is 378 g/mol. The number of carbonyl (C=O) groups is 2. The number of hydrogen-bond acceptors (Lipinski definition) is 4. The van der Waals surface area contributed by atoms with Crippen LogP contribution in [-0.2, 0) is 4.79 Å². The molecule has 160 valence electrons. The molecule has 0 bridgehead atoms. The molecule has 3 rings (SSSR count). The van der Waals surface area contributed by atoms with Crippen molar-refractivity contribution >= 4 is 23.2 Å². The number of anilines is 2. The second-order valence-electron chi connectivity index (χ2n) is 7.88. The Bertz CT molecular complexity index is 858. The zero-order chi connectivity index (χ0) is 21.3. The third-order valence-electron chi connectivity index (χ3n) is 4.95. The topological polar surface area (TPSA) is 70.7 Å². The summed E-state index contributed by atoms with van der Waals surface area (Å²) in [4.78, 5) is 27.1. The van der Waals surface area contributed by atoms with Gasteiger partial charge in [0.05, 0.1) is 12.6 Å². The van der Waals surface area contributed by atoms with Gasteiger partial charge in [0.15, 0.2) is 0 Å². The van der Waals surface area contributed by atoms with Gasteiger partial charge in [-0.05, 0) is 57.0 Å². The van der Waals surface area contributed by atoms with Crippen molar-refractivity contribution in [1.29, 1.82) is 0 Å². The summed E-state index contributed by atoms with van der Waals surface area (Å²) in [5.74, 6) is 0.618. The Labute approximate surface area is 178 Å². The molecule has 0 saturated carbocycles. The summed E-state index contributed by atoms with van der Waals surface area (Å²) in [7, 11) is 0. The SMILES string of the molecule is CC(C)Oc1cccc(NCC(=O)Nc2cccc(C(=O)N3CCCCCC3)c2)c1. The van der Waals surface area contributed by atoms with Crippen LogP contribution in [0.5, 0.6) is 5.75 Å². The van der Waals surface area contributed by atoms with Crippen LogP contribution in [0.2, 0.25) is 0 Å². The molecule has 2 aromatic carbocycles. The van der Waals surface area contributed by atoms with Gasteiger partial charge in [0, 0.05) is 36.1 Å². The van der Waals surface area contributed by atoms with Crippen molar-refractivity contribution in [2.45, 2.75) is 45.6 Å². The van der Waals surface area contributed by atoms with E-state index in [-0.39, 0.29) is 24.5 Å². The lowest BCUT2D eigenvalue weighted by molar-refractivity contribution is -0.114. The van der Waals surface area contributed by atoms with Gasteiger partial charge in [-0.3, -0.25) is 9.59 Å². The first-order valence-corrected chi connectivity index (χ1v) is 10.7. The summed E-state index contributed by atoms with van der Waals surface area (Å²) >= 11 is 0. The van der Waals surface area contributed by atoms with Gasteiger partial charge in [-0.25, -0.2) is 0 Å². The van der Waals surface area contributed by atoms with Crippen LogP contribution in [0.15, 0.2) is 48.5 Å². The van der Waals surface area contributed by atoms with Gasteiger partial charge in [-0.15, -0.1) is 0 Å². The largest absolute Gasteiger partial charge is 0.491 e. The minimum Gasteiger partial charge on any atom is -0.491 e. The van der Waals surface area contributed by atoms with E-state index < -0.39 is 0 Å². The fourth-order valence-corrected chi connectivity index (χ4v) is 3.53. The number of carbonyl (C=O) groups excluding carboxylic acids is 2. The molecule has 0 spiro atoms. The maximum absolute atomic E-state index is 12.8. The van der Waals surface area contributed by atoms with Gasteiger partial charge in [-0.2, -0.15) is 0 Å². The van der Waals surface area contributed by atoms with Crippen molar-refractivity contribution in [3.63, 3.8) is 0 Å². The van der Waals surface area contributed by atoms with E-state index in [0.29, 0.717) is 11.3 Å². The smallest absolute Gasteiger partial charge is 0.253 e. The lowest BCUT2D eigenvalue weighted by Crippen LogP contribution is -2.31. The summed E-state index contributed by atoms with van der Waals surface area (Å²) in [6.07, 6.45) is 4.56. The van der Waals surface area contributed by atoms with Gasteiger partial charge in [0.1, 0.15) is 5.75 Å². The van der Waals surface area contributed by atoms with E-state index >= 15 is 0 Å². The molecule has 0 unspecified atom stereocenters. The minimum atomic E-state index is -0.176. The molecular formula is C24H31N3O3. The molecule has 2 aromatic rings. The Morgan fingerprint density at radius 2 is 1.67 bits per heavy atom.